The molecule has 1 heterocycles. The minimum Gasteiger partial charge on any atom is -0.298 e. The standard InChI is InChI=1S/C14H23NOS2/c1-6-10(2)17-8-11(16)7-13-15-12(9-18-13)14(3,4)5/h9-10H,6-8H2,1-5H3. The molecule has 0 fully saturated rings. The first-order chi connectivity index (χ1) is 8.32. The Balaban J connectivity index is 2.48. The Morgan fingerprint density at radius 3 is 2.67 bits per heavy atom. The molecule has 0 saturated carbocycles. The van der Waals surface area contributed by atoms with Crippen LogP contribution in [-0.2, 0) is 16.6 Å². The number of carbonyl (C=O) groups excluding carboxylic acids is 1. The highest BCUT2D eigenvalue weighted by Crippen LogP contribution is 2.24. The number of thioether (sulfide) groups is 1. The van der Waals surface area contributed by atoms with Gasteiger partial charge in [-0.2, -0.15) is 11.8 Å². The number of carbonyl (C=O) groups is 1. The SMILES string of the molecule is CCC(C)SCC(=O)Cc1nc(C(C)(C)C)cs1. The number of rotatable bonds is 6. The molecule has 1 atom stereocenters. The van der Waals surface area contributed by atoms with E-state index in [9.17, 15) is 4.79 Å². The fraction of sp³-hybridized carbons (Fsp3) is 0.714. The molecular formula is C14H23NOS2. The first-order valence-corrected chi connectivity index (χ1v) is 8.34. The molecule has 1 aromatic heterocycles. The Hall–Kier alpha value is -0.350. The molecule has 0 radical (unpaired) electrons. The summed E-state index contributed by atoms with van der Waals surface area (Å²) in [6, 6.07) is 0. The average Bonchev–Trinajstić information content (AvgIpc) is 2.74. The van der Waals surface area contributed by atoms with Gasteiger partial charge in [-0.25, -0.2) is 4.98 Å². The number of nitrogens with zero attached hydrogens (tertiary/aromatic N) is 1. The lowest BCUT2D eigenvalue weighted by Crippen LogP contribution is -2.12. The Labute approximate surface area is 119 Å². The van der Waals surface area contributed by atoms with Crippen LogP contribution in [0.25, 0.3) is 0 Å². The lowest BCUT2D eigenvalue weighted by Gasteiger charge is -2.14. The van der Waals surface area contributed by atoms with E-state index in [0.717, 1.165) is 17.1 Å². The predicted molar refractivity (Wildman–Crippen MR) is 81.7 cm³/mol. The summed E-state index contributed by atoms with van der Waals surface area (Å²) in [6.07, 6.45) is 1.60. The summed E-state index contributed by atoms with van der Waals surface area (Å²) in [7, 11) is 0. The summed E-state index contributed by atoms with van der Waals surface area (Å²) in [6.45, 7) is 10.8. The van der Waals surface area contributed by atoms with Gasteiger partial charge in [0.05, 0.1) is 17.9 Å². The van der Waals surface area contributed by atoms with E-state index in [1.807, 2.05) is 0 Å². The van der Waals surface area contributed by atoms with Crippen molar-refractivity contribution in [1.82, 2.24) is 4.98 Å². The Morgan fingerprint density at radius 2 is 2.17 bits per heavy atom. The molecule has 0 aliphatic rings. The number of aromatic nitrogens is 1. The summed E-state index contributed by atoms with van der Waals surface area (Å²) < 4.78 is 0. The third-order valence-electron chi connectivity index (χ3n) is 2.77. The van der Waals surface area contributed by atoms with Gasteiger partial charge in [0.15, 0.2) is 0 Å². The Kier molecular flexibility index (Phi) is 5.86. The molecule has 0 aliphatic heterocycles. The molecule has 0 spiro atoms. The fourth-order valence-corrected chi connectivity index (χ4v) is 3.17. The highest BCUT2D eigenvalue weighted by molar-refractivity contribution is 8.00. The predicted octanol–water partition coefficient (Wildman–Crippen LogP) is 4.08. The van der Waals surface area contributed by atoms with Gasteiger partial charge in [0.2, 0.25) is 0 Å². The lowest BCUT2D eigenvalue weighted by molar-refractivity contribution is -0.116. The zero-order chi connectivity index (χ0) is 13.8. The molecule has 0 saturated heterocycles. The van der Waals surface area contributed by atoms with Crippen LogP contribution in [0.1, 0.15) is 51.7 Å². The van der Waals surface area contributed by atoms with Crippen molar-refractivity contribution in [2.24, 2.45) is 0 Å². The van der Waals surface area contributed by atoms with Crippen LogP contribution >= 0.6 is 23.1 Å². The molecule has 1 rings (SSSR count). The number of Topliss-reactive ketones (excluding diaryl/α,β-unsaturated/α-hetero) is 1. The minimum atomic E-state index is 0.0727. The first-order valence-electron chi connectivity index (χ1n) is 6.41. The molecule has 0 bridgehead atoms. The zero-order valence-electron chi connectivity index (χ0n) is 11.9. The van der Waals surface area contributed by atoms with Gasteiger partial charge in [-0.3, -0.25) is 4.79 Å². The maximum absolute atomic E-state index is 11.8. The summed E-state index contributed by atoms with van der Waals surface area (Å²) >= 11 is 3.35. The van der Waals surface area contributed by atoms with Gasteiger partial charge >= 0.3 is 0 Å². The van der Waals surface area contributed by atoms with Crippen LogP contribution in [0.3, 0.4) is 0 Å². The topological polar surface area (TPSA) is 30.0 Å². The van der Waals surface area contributed by atoms with Gasteiger partial charge in [0.25, 0.3) is 0 Å². The summed E-state index contributed by atoms with van der Waals surface area (Å²) in [5.74, 6) is 0.898. The van der Waals surface area contributed by atoms with E-state index in [0.29, 0.717) is 17.4 Å². The molecule has 0 aliphatic carbocycles. The average molecular weight is 285 g/mol. The van der Waals surface area contributed by atoms with Crippen LogP contribution in [-0.4, -0.2) is 21.8 Å². The molecule has 2 nitrogen and oxygen atoms in total. The van der Waals surface area contributed by atoms with Gasteiger partial charge in [-0.15, -0.1) is 11.3 Å². The van der Waals surface area contributed by atoms with Crippen molar-refractivity contribution in [2.45, 2.75) is 58.1 Å². The normalized spacial score (nSPS) is 13.6. The highest BCUT2D eigenvalue weighted by atomic mass is 32.2. The van der Waals surface area contributed by atoms with Crippen LogP contribution in [0, 0.1) is 0 Å². The summed E-state index contributed by atoms with van der Waals surface area (Å²) in [5, 5.41) is 3.59. The van der Waals surface area contributed by atoms with Crippen molar-refractivity contribution >= 4 is 28.9 Å². The van der Waals surface area contributed by atoms with Crippen molar-refractivity contribution in [3.8, 4) is 0 Å². The molecule has 1 aromatic rings. The molecule has 18 heavy (non-hydrogen) atoms. The summed E-state index contributed by atoms with van der Waals surface area (Å²) in [4.78, 5) is 16.4. The van der Waals surface area contributed by atoms with Crippen molar-refractivity contribution in [3.05, 3.63) is 16.1 Å². The molecule has 0 amide bonds. The lowest BCUT2D eigenvalue weighted by atomic mass is 9.93. The van der Waals surface area contributed by atoms with E-state index in [1.54, 1.807) is 23.1 Å². The van der Waals surface area contributed by atoms with E-state index >= 15 is 0 Å². The molecule has 4 heteroatoms. The second-order valence-electron chi connectivity index (χ2n) is 5.62. The molecule has 0 aromatic carbocycles. The molecule has 0 N–H and O–H groups in total. The van der Waals surface area contributed by atoms with Gasteiger partial charge in [-0.1, -0.05) is 34.6 Å². The van der Waals surface area contributed by atoms with Gasteiger partial charge < -0.3 is 0 Å². The van der Waals surface area contributed by atoms with Crippen LogP contribution in [0.2, 0.25) is 0 Å². The molecular weight excluding hydrogens is 262 g/mol. The smallest absolute Gasteiger partial charge is 0.149 e. The third kappa shape index (κ3) is 5.11. The van der Waals surface area contributed by atoms with Crippen LogP contribution in [0.15, 0.2) is 5.38 Å². The zero-order valence-corrected chi connectivity index (χ0v) is 13.6. The van der Waals surface area contributed by atoms with Crippen molar-refractivity contribution < 1.29 is 4.79 Å². The van der Waals surface area contributed by atoms with E-state index in [1.165, 1.54) is 0 Å². The second kappa shape index (κ2) is 6.71. The van der Waals surface area contributed by atoms with Crippen LogP contribution < -0.4 is 0 Å². The van der Waals surface area contributed by atoms with Crippen LogP contribution in [0.4, 0.5) is 0 Å². The highest BCUT2D eigenvalue weighted by Gasteiger charge is 2.18. The number of hydrogen-bond donors (Lipinski definition) is 0. The fourth-order valence-electron chi connectivity index (χ4n) is 1.31. The number of ketones is 1. The van der Waals surface area contributed by atoms with E-state index in [2.05, 4.69) is 45.0 Å². The summed E-state index contributed by atoms with van der Waals surface area (Å²) in [5.41, 5.74) is 1.16. The Bertz CT molecular complexity index is 393. The van der Waals surface area contributed by atoms with Gasteiger partial charge in [0.1, 0.15) is 10.8 Å². The minimum absolute atomic E-state index is 0.0727. The quantitative estimate of drug-likeness (QED) is 0.788. The first kappa shape index (κ1) is 15.7. The van der Waals surface area contributed by atoms with Crippen molar-refractivity contribution in [1.29, 1.82) is 0 Å². The van der Waals surface area contributed by atoms with Crippen LogP contribution in [0.5, 0.6) is 0 Å². The second-order valence-corrected chi connectivity index (χ2v) is 7.99. The number of hydrogen-bond acceptors (Lipinski definition) is 4. The molecule has 1 unspecified atom stereocenters. The van der Waals surface area contributed by atoms with E-state index in [4.69, 9.17) is 0 Å². The van der Waals surface area contributed by atoms with E-state index in [-0.39, 0.29) is 11.2 Å². The number of thiazole rings is 1. The van der Waals surface area contributed by atoms with Gasteiger partial charge in [-0.05, 0) is 6.42 Å². The Morgan fingerprint density at radius 1 is 1.50 bits per heavy atom. The van der Waals surface area contributed by atoms with E-state index < -0.39 is 0 Å². The van der Waals surface area contributed by atoms with Gasteiger partial charge in [0, 0.05) is 16.0 Å². The monoisotopic (exact) mass is 285 g/mol. The maximum Gasteiger partial charge on any atom is 0.149 e. The largest absolute Gasteiger partial charge is 0.298 e. The molecule has 102 valence electrons. The third-order valence-corrected chi connectivity index (χ3v) is 5.01. The van der Waals surface area contributed by atoms with Crippen molar-refractivity contribution in [3.63, 3.8) is 0 Å². The van der Waals surface area contributed by atoms with Crippen molar-refractivity contribution in [2.75, 3.05) is 5.75 Å². The maximum atomic E-state index is 11.8.